The number of fused-ring (bicyclic) bond motifs is 4. The summed E-state index contributed by atoms with van der Waals surface area (Å²) >= 11 is 0. The highest BCUT2D eigenvalue weighted by molar-refractivity contribution is 5.84. The van der Waals surface area contributed by atoms with E-state index in [9.17, 15) is 9.59 Å². The van der Waals surface area contributed by atoms with E-state index < -0.39 is 5.41 Å². The Hall–Kier alpha value is -2.86. The summed E-state index contributed by atoms with van der Waals surface area (Å²) in [4.78, 5) is 28.7. The van der Waals surface area contributed by atoms with Gasteiger partial charge in [0.25, 0.3) is 0 Å². The Morgan fingerprint density at radius 3 is 2.47 bits per heavy atom. The molecule has 6 nitrogen and oxygen atoms in total. The number of piperidine rings is 1. The largest absolute Gasteiger partial charge is 0.457 e. The number of benzene rings is 2. The Labute approximate surface area is 201 Å². The number of carbonyl (C=O) groups excluding carboxylic acids is 2. The van der Waals surface area contributed by atoms with Gasteiger partial charge in [-0.05, 0) is 80.3 Å². The first-order valence-corrected chi connectivity index (χ1v) is 12.7. The lowest BCUT2D eigenvalue weighted by molar-refractivity contribution is -0.144. The lowest BCUT2D eigenvalue weighted by Gasteiger charge is -2.42. The SMILES string of the molecule is N[C@H]1CCC[C@@H](C(=O)N2CCC3(CC2)Cc2cccc(c2)Oc2cccc(c2)CCNC3=O)C1. The Kier molecular flexibility index (Phi) is 6.59. The molecule has 5 rings (SSSR count). The van der Waals surface area contributed by atoms with Crippen molar-refractivity contribution in [2.24, 2.45) is 17.1 Å². The van der Waals surface area contributed by atoms with Crippen molar-refractivity contribution in [1.82, 2.24) is 10.2 Å². The van der Waals surface area contributed by atoms with Gasteiger partial charge in [0.05, 0.1) is 5.41 Å². The zero-order valence-electron chi connectivity index (χ0n) is 19.8. The molecule has 2 aromatic carbocycles. The van der Waals surface area contributed by atoms with Gasteiger partial charge in [-0.25, -0.2) is 0 Å². The molecule has 1 saturated carbocycles. The molecule has 1 aliphatic carbocycles. The standard InChI is InChI=1S/C28H35N3O3/c29-23-7-3-6-22(18-23)26(32)31-14-11-28(12-15-31)19-21-5-2-9-25(17-21)34-24-8-1-4-20(16-24)10-13-30-27(28)33/h1-2,4-5,8-9,16-17,22-23H,3,6-7,10-15,18-19,29H2,(H,30,33)/t22-,23+/m1/s1. The minimum absolute atomic E-state index is 0.0375. The summed E-state index contributed by atoms with van der Waals surface area (Å²) in [5.41, 5.74) is 7.83. The highest BCUT2D eigenvalue weighted by Crippen LogP contribution is 2.38. The van der Waals surface area contributed by atoms with Crippen LogP contribution in [0.15, 0.2) is 48.5 Å². The number of nitrogens with zero attached hydrogens (tertiary/aromatic N) is 1. The number of nitrogens with one attached hydrogen (secondary N) is 1. The van der Waals surface area contributed by atoms with Gasteiger partial charge in [0.1, 0.15) is 11.5 Å². The minimum atomic E-state index is -0.523. The molecule has 0 unspecified atom stereocenters. The topological polar surface area (TPSA) is 84.7 Å². The normalized spacial score (nSPS) is 24.7. The van der Waals surface area contributed by atoms with E-state index in [0.717, 1.165) is 54.7 Å². The molecule has 0 radical (unpaired) electrons. The fraction of sp³-hybridized carbons (Fsp3) is 0.500. The lowest BCUT2D eigenvalue weighted by atomic mass is 9.72. The molecule has 2 fully saturated rings. The number of likely N-dealkylation sites (tertiary alicyclic amines) is 1. The minimum Gasteiger partial charge on any atom is -0.457 e. The summed E-state index contributed by atoms with van der Waals surface area (Å²) in [6.07, 6.45) is 6.49. The first-order valence-electron chi connectivity index (χ1n) is 12.7. The Balaban J connectivity index is 1.35. The molecule has 180 valence electrons. The van der Waals surface area contributed by atoms with Crippen LogP contribution in [0, 0.1) is 11.3 Å². The van der Waals surface area contributed by atoms with Crippen LogP contribution in [-0.4, -0.2) is 42.4 Å². The molecule has 3 N–H and O–H groups in total. The van der Waals surface area contributed by atoms with E-state index in [4.69, 9.17) is 10.5 Å². The van der Waals surface area contributed by atoms with Crippen LogP contribution in [0.25, 0.3) is 0 Å². The van der Waals surface area contributed by atoms with Crippen LogP contribution >= 0.6 is 0 Å². The fourth-order valence-corrected chi connectivity index (χ4v) is 5.87. The van der Waals surface area contributed by atoms with Crippen LogP contribution < -0.4 is 15.8 Å². The Morgan fingerprint density at radius 2 is 1.74 bits per heavy atom. The highest BCUT2D eigenvalue weighted by atomic mass is 16.5. The van der Waals surface area contributed by atoms with Gasteiger partial charge < -0.3 is 20.7 Å². The van der Waals surface area contributed by atoms with Gasteiger partial charge >= 0.3 is 0 Å². The summed E-state index contributed by atoms with van der Waals surface area (Å²) in [7, 11) is 0. The monoisotopic (exact) mass is 461 g/mol. The first-order chi connectivity index (χ1) is 16.5. The van der Waals surface area contributed by atoms with Crippen molar-refractivity contribution in [3.63, 3.8) is 0 Å². The van der Waals surface area contributed by atoms with Crippen LogP contribution in [0.2, 0.25) is 0 Å². The molecule has 1 saturated heterocycles. The van der Waals surface area contributed by atoms with Crippen molar-refractivity contribution in [3.05, 3.63) is 59.7 Å². The van der Waals surface area contributed by atoms with E-state index in [1.54, 1.807) is 0 Å². The highest BCUT2D eigenvalue weighted by Gasteiger charge is 2.43. The zero-order chi connectivity index (χ0) is 23.5. The van der Waals surface area contributed by atoms with Crippen molar-refractivity contribution >= 4 is 11.8 Å². The van der Waals surface area contributed by atoms with E-state index >= 15 is 0 Å². The predicted molar refractivity (Wildman–Crippen MR) is 132 cm³/mol. The Morgan fingerprint density at radius 1 is 1.03 bits per heavy atom. The van der Waals surface area contributed by atoms with E-state index in [1.165, 1.54) is 0 Å². The van der Waals surface area contributed by atoms with Crippen LogP contribution in [0.4, 0.5) is 0 Å². The van der Waals surface area contributed by atoms with E-state index in [1.807, 2.05) is 41.3 Å². The number of hydrogen-bond donors (Lipinski definition) is 2. The molecule has 2 amide bonds. The second kappa shape index (κ2) is 9.79. The average molecular weight is 462 g/mol. The predicted octanol–water partition coefficient (Wildman–Crippen LogP) is 3.82. The molecule has 0 aromatic heterocycles. The van der Waals surface area contributed by atoms with Gasteiger partial charge in [0.15, 0.2) is 0 Å². The van der Waals surface area contributed by atoms with Gasteiger partial charge in [-0.15, -0.1) is 0 Å². The Bertz CT molecular complexity index is 1040. The summed E-state index contributed by atoms with van der Waals surface area (Å²) in [6.45, 7) is 1.83. The molecular weight excluding hydrogens is 426 g/mol. The third kappa shape index (κ3) is 4.97. The first kappa shape index (κ1) is 22.9. The van der Waals surface area contributed by atoms with E-state index in [-0.39, 0.29) is 23.8 Å². The van der Waals surface area contributed by atoms with E-state index in [0.29, 0.717) is 38.9 Å². The zero-order valence-corrected chi connectivity index (χ0v) is 19.8. The number of rotatable bonds is 1. The second-order valence-corrected chi connectivity index (χ2v) is 10.3. The molecule has 2 atom stereocenters. The molecule has 2 aliphatic heterocycles. The molecule has 2 heterocycles. The smallest absolute Gasteiger partial charge is 0.226 e. The van der Waals surface area contributed by atoms with Gasteiger partial charge in [-0.3, -0.25) is 9.59 Å². The maximum atomic E-state index is 13.6. The molecule has 6 heteroatoms. The van der Waals surface area contributed by atoms with Crippen LogP contribution in [0.3, 0.4) is 0 Å². The van der Waals surface area contributed by atoms with Crippen molar-refractivity contribution in [2.45, 2.75) is 57.4 Å². The molecule has 2 aromatic rings. The summed E-state index contributed by atoms with van der Waals surface area (Å²) in [5, 5.41) is 3.21. The summed E-state index contributed by atoms with van der Waals surface area (Å²) in [5.74, 6) is 1.95. The molecular formula is C28H35N3O3. The lowest BCUT2D eigenvalue weighted by Crippen LogP contribution is -2.53. The number of amides is 2. The summed E-state index contributed by atoms with van der Waals surface area (Å²) in [6, 6.07) is 16.2. The average Bonchev–Trinajstić information content (AvgIpc) is 2.84. The quantitative estimate of drug-likeness (QED) is 0.676. The number of nitrogens with two attached hydrogens (primary N) is 1. The van der Waals surface area contributed by atoms with Gasteiger partial charge in [0.2, 0.25) is 11.8 Å². The van der Waals surface area contributed by atoms with Gasteiger partial charge in [0, 0.05) is 31.6 Å². The van der Waals surface area contributed by atoms with Gasteiger partial charge in [-0.2, -0.15) is 0 Å². The van der Waals surface area contributed by atoms with Crippen LogP contribution in [-0.2, 0) is 22.4 Å². The maximum Gasteiger partial charge on any atom is 0.226 e. The fourth-order valence-electron chi connectivity index (χ4n) is 5.87. The number of carbonyl (C=O) groups is 2. The van der Waals surface area contributed by atoms with Crippen molar-refractivity contribution in [2.75, 3.05) is 19.6 Å². The summed E-state index contributed by atoms with van der Waals surface area (Å²) < 4.78 is 6.13. The molecule has 4 bridgehead atoms. The van der Waals surface area contributed by atoms with Crippen LogP contribution in [0.5, 0.6) is 11.5 Å². The number of ether oxygens (including phenoxy) is 1. The third-order valence-corrected chi connectivity index (χ3v) is 7.85. The van der Waals surface area contributed by atoms with Crippen LogP contribution in [0.1, 0.15) is 49.7 Å². The second-order valence-electron chi connectivity index (χ2n) is 10.3. The molecule has 1 spiro atoms. The van der Waals surface area contributed by atoms with Gasteiger partial charge in [-0.1, -0.05) is 30.7 Å². The van der Waals surface area contributed by atoms with E-state index in [2.05, 4.69) is 17.4 Å². The van der Waals surface area contributed by atoms with Crippen molar-refractivity contribution in [3.8, 4) is 11.5 Å². The molecule has 3 aliphatic rings. The van der Waals surface area contributed by atoms with Crippen molar-refractivity contribution in [1.29, 1.82) is 0 Å². The maximum absolute atomic E-state index is 13.6. The molecule has 34 heavy (non-hydrogen) atoms. The number of hydrogen-bond acceptors (Lipinski definition) is 4. The third-order valence-electron chi connectivity index (χ3n) is 7.85. The van der Waals surface area contributed by atoms with Crippen molar-refractivity contribution < 1.29 is 14.3 Å².